The van der Waals surface area contributed by atoms with Crippen molar-refractivity contribution < 1.29 is 24.5 Å². The highest BCUT2D eigenvalue weighted by Crippen LogP contribution is 2.35. The molecule has 2 heterocycles. The molecule has 0 fully saturated rings. The zero-order valence-corrected chi connectivity index (χ0v) is 11.6. The molecule has 22 heavy (non-hydrogen) atoms. The van der Waals surface area contributed by atoms with Gasteiger partial charge in [0.1, 0.15) is 5.75 Å². The lowest BCUT2D eigenvalue weighted by Crippen LogP contribution is -2.20. The van der Waals surface area contributed by atoms with E-state index in [4.69, 9.17) is 27.2 Å². The lowest BCUT2D eigenvalue weighted by molar-refractivity contribution is 0.0651. The Hall–Kier alpha value is -2.94. The van der Waals surface area contributed by atoms with Gasteiger partial charge in [-0.05, 0) is 24.4 Å². The van der Waals surface area contributed by atoms with E-state index in [1.807, 2.05) is 0 Å². The van der Waals surface area contributed by atoms with Crippen molar-refractivity contribution in [3.05, 3.63) is 49.5 Å². The number of aromatic nitrogens is 2. The van der Waals surface area contributed by atoms with E-state index in [9.17, 15) is 14.4 Å². The van der Waals surface area contributed by atoms with Gasteiger partial charge in [-0.1, -0.05) is 0 Å². The number of aromatic amines is 2. The summed E-state index contributed by atoms with van der Waals surface area (Å²) in [6, 6.07) is 2.33. The summed E-state index contributed by atoms with van der Waals surface area (Å²) in [6.45, 7) is 0. The number of carbonyl (C=O) groups is 2. The van der Waals surface area contributed by atoms with E-state index < -0.39 is 23.1 Å². The topological polar surface area (TPSA) is 132 Å². The van der Waals surface area contributed by atoms with Crippen molar-refractivity contribution in [2.45, 2.75) is 6.42 Å². The second-order valence-electron chi connectivity index (χ2n) is 4.61. The maximum atomic E-state index is 11.9. The first-order valence-electron chi connectivity index (χ1n) is 6.03. The van der Waals surface area contributed by atoms with E-state index >= 15 is 0 Å². The number of hydrogen-bond donors (Lipinski definition) is 4. The van der Waals surface area contributed by atoms with Gasteiger partial charge in [-0.15, -0.1) is 0 Å². The summed E-state index contributed by atoms with van der Waals surface area (Å²) >= 11 is 4.84. The molecular weight excluding hydrogens is 312 g/mol. The van der Waals surface area contributed by atoms with Gasteiger partial charge in [-0.3, -0.25) is 9.78 Å². The van der Waals surface area contributed by atoms with E-state index in [0.29, 0.717) is 5.56 Å². The standard InChI is InChI=1S/C13H8N2O6S/c16-9-7-2-4-1-5(11(17)18)6(12(19)20)3-8(4)21-10(7)15-13(22)14-9/h1,3H,2H2,(H,17,18)(H,19,20)(H2,14,15,16,22). The highest BCUT2D eigenvalue weighted by molar-refractivity contribution is 7.71. The average Bonchev–Trinajstić information content (AvgIpc) is 2.43. The summed E-state index contributed by atoms with van der Waals surface area (Å²) < 4.78 is 5.54. The fraction of sp³-hybridized carbons (Fsp3) is 0.0769. The second-order valence-corrected chi connectivity index (χ2v) is 5.02. The normalized spacial score (nSPS) is 12.0. The number of carboxylic acid groups (broad SMARTS) is 2. The molecule has 1 aromatic heterocycles. The Bertz CT molecular complexity index is 943. The zero-order valence-electron chi connectivity index (χ0n) is 10.8. The molecule has 0 atom stereocenters. The molecule has 4 N–H and O–H groups in total. The third-order valence-electron chi connectivity index (χ3n) is 3.24. The number of benzene rings is 1. The lowest BCUT2D eigenvalue weighted by atomic mass is 9.97. The molecule has 0 aliphatic carbocycles. The number of fused-ring (bicyclic) bond motifs is 2. The van der Waals surface area contributed by atoms with Gasteiger partial charge >= 0.3 is 11.9 Å². The summed E-state index contributed by atoms with van der Waals surface area (Å²) in [4.78, 5) is 39.3. The van der Waals surface area contributed by atoms with Crippen molar-refractivity contribution in [1.82, 2.24) is 9.97 Å². The van der Waals surface area contributed by atoms with Gasteiger partial charge in [0.25, 0.3) is 5.56 Å². The Morgan fingerprint density at radius 1 is 1.14 bits per heavy atom. The quantitative estimate of drug-likeness (QED) is 0.526. The van der Waals surface area contributed by atoms with E-state index in [1.54, 1.807) is 0 Å². The number of nitrogens with one attached hydrogen (secondary N) is 2. The van der Waals surface area contributed by atoms with Gasteiger partial charge in [-0.25, -0.2) is 9.59 Å². The molecule has 1 aliphatic rings. The van der Waals surface area contributed by atoms with Crippen molar-refractivity contribution >= 4 is 24.2 Å². The van der Waals surface area contributed by atoms with Gasteiger partial charge < -0.3 is 19.9 Å². The zero-order chi connectivity index (χ0) is 16.0. The number of ether oxygens (including phenoxy) is 1. The van der Waals surface area contributed by atoms with Crippen LogP contribution in [0.4, 0.5) is 0 Å². The minimum Gasteiger partial charge on any atom is -0.478 e. The average molecular weight is 320 g/mol. The van der Waals surface area contributed by atoms with Crippen LogP contribution in [0.2, 0.25) is 0 Å². The predicted octanol–water partition coefficient (Wildman–Crippen LogP) is 1.53. The van der Waals surface area contributed by atoms with Gasteiger partial charge in [0, 0.05) is 12.0 Å². The molecule has 0 spiro atoms. The molecule has 0 unspecified atom stereocenters. The Labute approximate surface area is 127 Å². The molecule has 0 radical (unpaired) electrons. The number of carboxylic acids is 2. The van der Waals surface area contributed by atoms with Crippen LogP contribution in [0.5, 0.6) is 11.6 Å². The van der Waals surface area contributed by atoms with Crippen LogP contribution in [0.25, 0.3) is 0 Å². The van der Waals surface area contributed by atoms with Crippen LogP contribution in [0, 0.1) is 4.77 Å². The highest BCUT2D eigenvalue weighted by Gasteiger charge is 2.26. The Morgan fingerprint density at radius 3 is 2.41 bits per heavy atom. The van der Waals surface area contributed by atoms with E-state index in [0.717, 1.165) is 6.07 Å². The predicted molar refractivity (Wildman–Crippen MR) is 75.5 cm³/mol. The Kier molecular flexibility index (Phi) is 3.06. The Morgan fingerprint density at radius 2 is 1.77 bits per heavy atom. The van der Waals surface area contributed by atoms with Crippen LogP contribution < -0.4 is 10.3 Å². The molecule has 0 bridgehead atoms. The molecule has 9 heteroatoms. The van der Waals surface area contributed by atoms with Crippen molar-refractivity contribution in [1.29, 1.82) is 0 Å². The second kappa shape index (κ2) is 4.81. The Balaban J connectivity index is 2.21. The molecule has 0 saturated heterocycles. The van der Waals surface area contributed by atoms with E-state index in [1.165, 1.54) is 6.07 Å². The smallest absolute Gasteiger partial charge is 0.336 e. The number of H-pyrrole nitrogens is 2. The number of hydrogen-bond acceptors (Lipinski definition) is 5. The summed E-state index contributed by atoms with van der Waals surface area (Å²) in [5.74, 6) is -2.45. The fourth-order valence-corrected chi connectivity index (χ4v) is 2.44. The SMILES string of the molecule is O=C(O)c1cc2c(cc1C(=O)O)Oc1[nH]c(=S)[nH]c(=O)c1C2. The largest absolute Gasteiger partial charge is 0.478 e. The molecule has 112 valence electrons. The van der Waals surface area contributed by atoms with Crippen LogP contribution in [0.1, 0.15) is 31.8 Å². The van der Waals surface area contributed by atoms with Gasteiger partial charge in [0.15, 0.2) is 4.77 Å². The van der Waals surface area contributed by atoms with Crippen LogP contribution >= 0.6 is 12.2 Å². The van der Waals surface area contributed by atoms with E-state index in [2.05, 4.69) is 9.97 Å². The maximum absolute atomic E-state index is 11.9. The molecular formula is C13H8N2O6S. The van der Waals surface area contributed by atoms with Gasteiger partial charge in [0.05, 0.1) is 16.7 Å². The maximum Gasteiger partial charge on any atom is 0.336 e. The molecule has 2 aromatic rings. The summed E-state index contributed by atoms with van der Waals surface area (Å²) in [5, 5.41) is 18.2. The van der Waals surface area contributed by atoms with Crippen molar-refractivity contribution in [2.24, 2.45) is 0 Å². The molecule has 3 rings (SSSR count). The first-order chi connectivity index (χ1) is 10.4. The minimum absolute atomic E-state index is 0.0767. The van der Waals surface area contributed by atoms with Crippen LogP contribution in [-0.2, 0) is 6.42 Å². The van der Waals surface area contributed by atoms with Crippen LogP contribution in [-0.4, -0.2) is 32.1 Å². The fourth-order valence-electron chi connectivity index (χ4n) is 2.25. The van der Waals surface area contributed by atoms with Crippen LogP contribution in [0.15, 0.2) is 16.9 Å². The summed E-state index contributed by atoms with van der Waals surface area (Å²) in [7, 11) is 0. The summed E-state index contributed by atoms with van der Waals surface area (Å²) in [6.07, 6.45) is 0.103. The molecule has 0 saturated carbocycles. The van der Waals surface area contributed by atoms with E-state index in [-0.39, 0.29) is 33.9 Å². The molecule has 1 aliphatic heterocycles. The van der Waals surface area contributed by atoms with Gasteiger partial charge in [0.2, 0.25) is 5.88 Å². The first kappa shape index (κ1) is 14.0. The monoisotopic (exact) mass is 320 g/mol. The third-order valence-corrected chi connectivity index (χ3v) is 3.45. The number of aromatic carboxylic acids is 2. The lowest BCUT2D eigenvalue weighted by Gasteiger charge is -2.20. The highest BCUT2D eigenvalue weighted by atomic mass is 32.1. The van der Waals surface area contributed by atoms with Crippen LogP contribution in [0.3, 0.4) is 0 Å². The van der Waals surface area contributed by atoms with Gasteiger partial charge in [-0.2, -0.15) is 0 Å². The summed E-state index contributed by atoms with van der Waals surface area (Å²) in [5.41, 5.74) is -0.522. The molecule has 8 nitrogen and oxygen atoms in total. The molecule has 1 aromatic carbocycles. The minimum atomic E-state index is -1.38. The number of rotatable bonds is 2. The van der Waals surface area contributed by atoms with Crippen molar-refractivity contribution in [3.63, 3.8) is 0 Å². The van der Waals surface area contributed by atoms with Crippen molar-refractivity contribution in [3.8, 4) is 11.6 Å². The third kappa shape index (κ3) is 2.17. The van der Waals surface area contributed by atoms with Crippen molar-refractivity contribution in [2.75, 3.05) is 0 Å². The molecule has 0 amide bonds. The first-order valence-corrected chi connectivity index (χ1v) is 6.44.